The van der Waals surface area contributed by atoms with E-state index in [4.69, 9.17) is 4.74 Å². The fourth-order valence-electron chi connectivity index (χ4n) is 1.49. The molecular weight excluding hydrogens is 204 g/mol. The molecule has 0 fully saturated rings. The van der Waals surface area contributed by atoms with Gasteiger partial charge in [-0.15, -0.1) is 0 Å². The zero-order valence-electron chi connectivity index (χ0n) is 9.15. The Morgan fingerprint density at radius 3 is 2.56 bits per heavy atom. The van der Waals surface area contributed by atoms with E-state index in [1.165, 1.54) is 13.4 Å². The summed E-state index contributed by atoms with van der Waals surface area (Å²) >= 11 is 0. The van der Waals surface area contributed by atoms with E-state index in [0.29, 0.717) is 5.69 Å². The maximum Gasteiger partial charge on any atom is 0.293 e. The van der Waals surface area contributed by atoms with Gasteiger partial charge in [0, 0.05) is 5.56 Å². The van der Waals surface area contributed by atoms with Crippen LogP contribution in [0.5, 0.6) is 5.75 Å². The van der Waals surface area contributed by atoms with Gasteiger partial charge in [-0.2, -0.15) is 0 Å². The molecule has 16 heavy (non-hydrogen) atoms. The predicted molar refractivity (Wildman–Crippen MR) is 61.6 cm³/mol. The van der Waals surface area contributed by atoms with Crippen LogP contribution in [0.2, 0.25) is 0 Å². The van der Waals surface area contributed by atoms with E-state index in [1.807, 2.05) is 31.2 Å². The van der Waals surface area contributed by atoms with E-state index < -0.39 is 0 Å². The Bertz CT molecular complexity index is 544. The van der Waals surface area contributed by atoms with Crippen molar-refractivity contribution < 1.29 is 4.74 Å². The standard InChI is InChI=1S/C12H12N2O2/c1-8-3-5-9(6-4-8)10-11(16-2)12(15)14-7-13-10/h3-7H,1-2H3,(H,13,14,15). The van der Waals surface area contributed by atoms with Crippen molar-refractivity contribution in [2.75, 3.05) is 7.11 Å². The highest BCUT2D eigenvalue weighted by atomic mass is 16.5. The minimum atomic E-state index is -0.270. The van der Waals surface area contributed by atoms with Crippen LogP contribution in [0.15, 0.2) is 35.4 Å². The molecule has 1 N–H and O–H groups in total. The van der Waals surface area contributed by atoms with Gasteiger partial charge in [-0.25, -0.2) is 4.98 Å². The summed E-state index contributed by atoms with van der Waals surface area (Å²) in [5, 5.41) is 0. The molecule has 1 aromatic heterocycles. The van der Waals surface area contributed by atoms with E-state index >= 15 is 0 Å². The lowest BCUT2D eigenvalue weighted by Gasteiger charge is -2.05. The first-order chi connectivity index (χ1) is 7.72. The molecule has 82 valence electrons. The lowest BCUT2D eigenvalue weighted by molar-refractivity contribution is 0.408. The third kappa shape index (κ3) is 1.82. The minimum absolute atomic E-state index is 0.242. The SMILES string of the molecule is COc1c(-c2ccc(C)cc2)nc[nH]c1=O. The fraction of sp³-hybridized carbons (Fsp3) is 0.167. The van der Waals surface area contributed by atoms with Gasteiger partial charge in [-0.05, 0) is 6.92 Å². The highest BCUT2D eigenvalue weighted by molar-refractivity contribution is 5.65. The second-order valence-corrected chi connectivity index (χ2v) is 3.48. The normalized spacial score (nSPS) is 10.1. The smallest absolute Gasteiger partial charge is 0.293 e. The van der Waals surface area contributed by atoms with Crippen LogP contribution in [0.4, 0.5) is 0 Å². The van der Waals surface area contributed by atoms with Crippen LogP contribution in [0.3, 0.4) is 0 Å². The van der Waals surface area contributed by atoms with Gasteiger partial charge in [-0.3, -0.25) is 4.79 Å². The number of hydrogen-bond acceptors (Lipinski definition) is 3. The third-order valence-corrected chi connectivity index (χ3v) is 2.34. The van der Waals surface area contributed by atoms with Crippen molar-refractivity contribution in [3.63, 3.8) is 0 Å². The number of aromatic amines is 1. The largest absolute Gasteiger partial charge is 0.490 e. The number of nitrogens with one attached hydrogen (secondary N) is 1. The zero-order valence-corrected chi connectivity index (χ0v) is 9.15. The zero-order chi connectivity index (χ0) is 11.5. The Hall–Kier alpha value is -2.10. The number of nitrogens with zero attached hydrogens (tertiary/aromatic N) is 1. The number of aromatic nitrogens is 2. The average molecular weight is 216 g/mol. The van der Waals surface area contributed by atoms with Crippen LogP contribution in [-0.2, 0) is 0 Å². The molecule has 0 radical (unpaired) electrons. The molecule has 0 spiro atoms. The van der Waals surface area contributed by atoms with E-state index in [0.717, 1.165) is 11.1 Å². The van der Waals surface area contributed by atoms with E-state index in [1.54, 1.807) is 0 Å². The molecule has 0 atom stereocenters. The van der Waals surface area contributed by atoms with Crippen molar-refractivity contribution in [3.05, 3.63) is 46.5 Å². The summed E-state index contributed by atoms with van der Waals surface area (Å²) in [7, 11) is 1.46. The van der Waals surface area contributed by atoms with Crippen molar-refractivity contribution in [1.82, 2.24) is 9.97 Å². The van der Waals surface area contributed by atoms with Gasteiger partial charge in [0.05, 0.1) is 13.4 Å². The van der Waals surface area contributed by atoms with Crippen LogP contribution < -0.4 is 10.3 Å². The van der Waals surface area contributed by atoms with Crippen LogP contribution >= 0.6 is 0 Å². The van der Waals surface area contributed by atoms with Gasteiger partial charge in [0.1, 0.15) is 5.69 Å². The minimum Gasteiger partial charge on any atom is -0.490 e. The molecular formula is C12H12N2O2. The van der Waals surface area contributed by atoms with Crippen LogP contribution in [0.1, 0.15) is 5.56 Å². The number of rotatable bonds is 2. The Labute approximate surface area is 92.9 Å². The first-order valence-corrected chi connectivity index (χ1v) is 4.91. The summed E-state index contributed by atoms with van der Waals surface area (Å²) in [6.07, 6.45) is 1.38. The van der Waals surface area contributed by atoms with Gasteiger partial charge in [0.25, 0.3) is 5.56 Å². The Balaban J connectivity index is 2.60. The van der Waals surface area contributed by atoms with Gasteiger partial charge in [0.2, 0.25) is 5.75 Å². The van der Waals surface area contributed by atoms with Crippen LogP contribution in [0.25, 0.3) is 11.3 Å². The number of benzene rings is 1. The third-order valence-electron chi connectivity index (χ3n) is 2.34. The lowest BCUT2D eigenvalue weighted by atomic mass is 10.1. The monoisotopic (exact) mass is 216 g/mol. The number of methoxy groups -OCH3 is 1. The molecule has 1 heterocycles. The molecule has 2 rings (SSSR count). The van der Waals surface area contributed by atoms with Crippen molar-refractivity contribution in [2.24, 2.45) is 0 Å². The highest BCUT2D eigenvalue weighted by Gasteiger charge is 2.10. The molecule has 0 saturated carbocycles. The van der Waals surface area contributed by atoms with E-state index in [9.17, 15) is 4.79 Å². The molecule has 0 aliphatic carbocycles. The first-order valence-electron chi connectivity index (χ1n) is 4.91. The lowest BCUT2D eigenvalue weighted by Crippen LogP contribution is -2.11. The van der Waals surface area contributed by atoms with E-state index in [2.05, 4.69) is 9.97 Å². The molecule has 0 aliphatic rings. The molecule has 0 unspecified atom stereocenters. The second-order valence-electron chi connectivity index (χ2n) is 3.48. The molecule has 0 bridgehead atoms. The fourth-order valence-corrected chi connectivity index (χ4v) is 1.49. The molecule has 4 heteroatoms. The van der Waals surface area contributed by atoms with Gasteiger partial charge in [0.15, 0.2) is 0 Å². The molecule has 2 aromatic rings. The number of H-pyrrole nitrogens is 1. The number of ether oxygens (including phenoxy) is 1. The van der Waals surface area contributed by atoms with Crippen LogP contribution in [-0.4, -0.2) is 17.1 Å². The van der Waals surface area contributed by atoms with Crippen molar-refractivity contribution >= 4 is 0 Å². The molecule has 0 amide bonds. The number of aryl methyl sites for hydroxylation is 1. The Kier molecular flexibility index (Phi) is 2.72. The molecule has 4 nitrogen and oxygen atoms in total. The van der Waals surface area contributed by atoms with E-state index in [-0.39, 0.29) is 11.3 Å². The van der Waals surface area contributed by atoms with Gasteiger partial charge >= 0.3 is 0 Å². The average Bonchev–Trinajstić information content (AvgIpc) is 2.30. The van der Waals surface area contributed by atoms with Crippen molar-refractivity contribution in [2.45, 2.75) is 6.92 Å². The first kappa shape index (κ1) is 10.4. The summed E-state index contributed by atoms with van der Waals surface area (Å²) < 4.78 is 5.05. The second kappa shape index (κ2) is 4.18. The molecule has 0 aliphatic heterocycles. The summed E-state index contributed by atoms with van der Waals surface area (Å²) in [4.78, 5) is 18.1. The van der Waals surface area contributed by atoms with Crippen LogP contribution in [0, 0.1) is 6.92 Å². The topological polar surface area (TPSA) is 55.0 Å². The van der Waals surface area contributed by atoms with Gasteiger partial charge < -0.3 is 9.72 Å². The summed E-state index contributed by atoms with van der Waals surface area (Å²) in [5.41, 5.74) is 2.32. The maximum absolute atomic E-state index is 11.5. The summed E-state index contributed by atoms with van der Waals surface area (Å²) in [6.45, 7) is 2.01. The Morgan fingerprint density at radius 1 is 1.25 bits per heavy atom. The summed E-state index contributed by atoms with van der Waals surface area (Å²) in [6, 6.07) is 7.77. The van der Waals surface area contributed by atoms with Crippen molar-refractivity contribution in [3.8, 4) is 17.0 Å². The quantitative estimate of drug-likeness (QED) is 0.832. The highest BCUT2D eigenvalue weighted by Crippen LogP contribution is 2.23. The summed E-state index contributed by atoms with van der Waals surface area (Å²) in [5.74, 6) is 0.242. The maximum atomic E-state index is 11.5. The van der Waals surface area contributed by atoms with Gasteiger partial charge in [-0.1, -0.05) is 29.8 Å². The predicted octanol–water partition coefficient (Wildman–Crippen LogP) is 1.75. The molecule has 0 saturated heterocycles. The molecule has 1 aromatic carbocycles. The van der Waals surface area contributed by atoms with Crippen molar-refractivity contribution in [1.29, 1.82) is 0 Å². The number of hydrogen-bond donors (Lipinski definition) is 1. The Morgan fingerprint density at radius 2 is 1.94 bits per heavy atom.